The Balaban J connectivity index is 1.83. The molecule has 0 heterocycles. The fourth-order valence-electron chi connectivity index (χ4n) is 2.25. The van der Waals surface area contributed by atoms with Gasteiger partial charge in [0.25, 0.3) is 0 Å². The number of carboxylic acid groups (broad SMARTS) is 1. The van der Waals surface area contributed by atoms with Crippen LogP contribution in [0.5, 0.6) is 5.75 Å². The van der Waals surface area contributed by atoms with E-state index in [0.29, 0.717) is 18.3 Å². The Morgan fingerprint density at radius 3 is 2.35 bits per heavy atom. The van der Waals surface area contributed by atoms with Crippen molar-refractivity contribution in [2.24, 2.45) is 5.92 Å². The zero-order valence-corrected chi connectivity index (χ0v) is 14.0. The third-order valence-corrected chi connectivity index (χ3v) is 3.74. The van der Waals surface area contributed by atoms with Gasteiger partial charge in [0.05, 0.1) is 12.2 Å². The van der Waals surface area contributed by atoms with Gasteiger partial charge in [0, 0.05) is 30.2 Å². The molecule has 2 aromatic rings. The van der Waals surface area contributed by atoms with Crippen LogP contribution in [-0.4, -0.2) is 31.3 Å². The van der Waals surface area contributed by atoms with Crippen molar-refractivity contribution in [1.29, 1.82) is 0 Å². The number of benzene rings is 2. The fraction of sp³-hybridized carbons (Fsp3) is 0.278. The van der Waals surface area contributed by atoms with Crippen molar-refractivity contribution >= 4 is 23.3 Å². The minimum Gasteiger partial charge on any atom is -0.493 e. The summed E-state index contributed by atoms with van der Waals surface area (Å²) < 4.78 is 5.72. The minimum absolute atomic E-state index is 0.257. The number of hydrogen-bond acceptors (Lipinski definition) is 3. The van der Waals surface area contributed by atoms with Gasteiger partial charge in [-0.1, -0.05) is 18.5 Å². The maximum Gasteiger partial charge on any atom is 0.335 e. The zero-order chi connectivity index (χ0) is 16.8. The number of carbonyl (C=O) groups is 1. The Morgan fingerprint density at radius 2 is 1.78 bits per heavy atom. The van der Waals surface area contributed by atoms with Crippen LogP contribution >= 0.6 is 11.6 Å². The maximum atomic E-state index is 10.8. The molecule has 4 nitrogen and oxygen atoms in total. The van der Waals surface area contributed by atoms with Gasteiger partial charge in [-0.05, 0) is 48.5 Å². The lowest BCUT2D eigenvalue weighted by atomic mass is 10.1. The molecule has 0 fully saturated rings. The second kappa shape index (κ2) is 7.88. The third kappa shape index (κ3) is 5.18. The van der Waals surface area contributed by atoms with E-state index in [1.807, 2.05) is 31.3 Å². The Hall–Kier alpha value is -2.20. The number of aromatic carboxylic acids is 1. The summed E-state index contributed by atoms with van der Waals surface area (Å²) in [6, 6.07) is 14.2. The van der Waals surface area contributed by atoms with Gasteiger partial charge in [-0.3, -0.25) is 0 Å². The first-order valence-corrected chi connectivity index (χ1v) is 7.76. The predicted octanol–water partition coefficient (Wildman–Crippen LogP) is 4.19. The Morgan fingerprint density at radius 1 is 1.17 bits per heavy atom. The van der Waals surface area contributed by atoms with Crippen LogP contribution in [0.4, 0.5) is 5.69 Å². The molecule has 2 aromatic carbocycles. The highest BCUT2D eigenvalue weighted by molar-refractivity contribution is 6.30. The van der Waals surface area contributed by atoms with E-state index in [-0.39, 0.29) is 5.56 Å². The number of ether oxygens (including phenoxy) is 1. The normalized spacial score (nSPS) is 11.8. The summed E-state index contributed by atoms with van der Waals surface area (Å²) in [4.78, 5) is 13.0. The molecule has 23 heavy (non-hydrogen) atoms. The maximum absolute atomic E-state index is 10.8. The molecule has 0 spiro atoms. The molecule has 2 rings (SSSR count). The molecule has 0 aliphatic heterocycles. The molecule has 0 saturated heterocycles. The molecule has 0 aromatic heterocycles. The van der Waals surface area contributed by atoms with Crippen LogP contribution in [0.25, 0.3) is 0 Å². The summed E-state index contributed by atoms with van der Waals surface area (Å²) in [5, 5.41) is 9.59. The van der Waals surface area contributed by atoms with E-state index in [1.54, 1.807) is 24.3 Å². The number of hydrogen-bond donors (Lipinski definition) is 1. The van der Waals surface area contributed by atoms with Crippen LogP contribution in [0.2, 0.25) is 5.02 Å². The molecule has 0 saturated carbocycles. The van der Waals surface area contributed by atoms with Gasteiger partial charge in [0.1, 0.15) is 5.75 Å². The number of anilines is 1. The zero-order valence-electron chi connectivity index (χ0n) is 13.2. The molecule has 122 valence electrons. The van der Waals surface area contributed by atoms with Crippen molar-refractivity contribution in [2.45, 2.75) is 6.92 Å². The number of carboxylic acids is 1. The molecule has 0 amide bonds. The Kier molecular flexibility index (Phi) is 5.88. The van der Waals surface area contributed by atoms with Crippen molar-refractivity contribution in [2.75, 3.05) is 25.1 Å². The number of rotatable bonds is 7. The summed E-state index contributed by atoms with van der Waals surface area (Å²) in [5.41, 5.74) is 1.36. The summed E-state index contributed by atoms with van der Waals surface area (Å²) in [6.07, 6.45) is 0. The Labute approximate surface area is 141 Å². The molecule has 0 aliphatic rings. The predicted molar refractivity (Wildman–Crippen MR) is 92.8 cm³/mol. The van der Waals surface area contributed by atoms with E-state index in [4.69, 9.17) is 21.4 Å². The first-order valence-electron chi connectivity index (χ1n) is 7.38. The summed E-state index contributed by atoms with van der Waals surface area (Å²) >= 11 is 5.90. The van der Waals surface area contributed by atoms with Crippen molar-refractivity contribution in [3.63, 3.8) is 0 Å². The highest BCUT2D eigenvalue weighted by atomic mass is 35.5. The molecule has 0 radical (unpaired) electrons. The quantitative estimate of drug-likeness (QED) is 0.825. The first-order chi connectivity index (χ1) is 11.0. The lowest BCUT2D eigenvalue weighted by molar-refractivity contribution is 0.0697. The van der Waals surface area contributed by atoms with Crippen LogP contribution < -0.4 is 9.64 Å². The largest absolute Gasteiger partial charge is 0.493 e. The van der Waals surface area contributed by atoms with Gasteiger partial charge in [-0.25, -0.2) is 4.79 Å². The first kappa shape index (κ1) is 17.2. The van der Waals surface area contributed by atoms with Gasteiger partial charge in [-0.15, -0.1) is 0 Å². The van der Waals surface area contributed by atoms with Crippen LogP contribution in [-0.2, 0) is 0 Å². The lowest BCUT2D eigenvalue weighted by Crippen LogP contribution is -2.27. The average molecular weight is 334 g/mol. The summed E-state index contributed by atoms with van der Waals surface area (Å²) in [6.45, 7) is 3.51. The van der Waals surface area contributed by atoms with Gasteiger partial charge in [0.15, 0.2) is 0 Å². The number of nitrogens with zero attached hydrogens (tertiary/aromatic N) is 1. The Bertz CT molecular complexity index is 640. The molecule has 1 atom stereocenters. The van der Waals surface area contributed by atoms with E-state index in [2.05, 4.69) is 11.8 Å². The molecular weight excluding hydrogens is 314 g/mol. The van der Waals surface area contributed by atoms with E-state index >= 15 is 0 Å². The van der Waals surface area contributed by atoms with Crippen LogP contribution in [0, 0.1) is 5.92 Å². The van der Waals surface area contributed by atoms with Crippen LogP contribution in [0.1, 0.15) is 17.3 Å². The van der Waals surface area contributed by atoms with E-state index in [9.17, 15) is 4.79 Å². The number of halogens is 1. The van der Waals surface area contributed by atoms with E-state index in [1.165, 1.54) is 0 Å². The van der Waals surface area contributed by atoms with Gasteiger partial charge < -0.3 is 14.7 Å². The molecule has 5 heteroatoms. The van der Waals surface area contributed by atoms with Gasteiger partial charge in [0.2, 0.25) is 0 Å². The molecular formula is C18H20ClNO3. The second-order valence-electron chi connectivity index (χ2n) is 5.60. The topological polar surface area (TPSA) is 49.8 Å². The van der Waals surface area contributed by atoms with Gasteiger partial charge >= 0.3 is 5.97 Å². The van der Waals surface area contributed by atoms with Crippen molar-refractivity contribution in [3.8, 4) is 5.75 Å². The average Bonchev–Trinajstić information content (AvgIpc) is 2.54. The standard InChI is InChI=1S/C18H20ClNO3/c1-13(11-20(2)16-7-5-15(19)6-8-16)12-23-17-9-3-14(4-10-17)18(21)22/h3-10,13H,11-12H2,1-2H3,(H,21,22). The fourth-order valence-corrected chi connectivity index (χ4v) is 2.38. The summed E-state index contributed by atoms with van der Waals surface area (Å²) in [7, 11) is 2.03. The van der Waals surface area contributed by atoms with Crippen molar-refractivity contribution < 1.29 is 14.6 Å². The van der Waals surface area contributed by atoms with Crippen molar-refractivity contribution in [1.82, 2.24) is 0 Å². The van der Waals surface area contributed by atoms with E-state index in [0.717, 1.165) is 17.3 Å². The molecule has 0 bridgehead atoms. The highest BCUT2D eigenvalue weighted by Gasteiger charge is 2.09. The second-order valence-corrected chi connectivity index (χ2v) is 6.04. The highest BCUT2D eigenvalue weighted by Crippen LogP contribution is 2.18. The third-order valence-electron chi connectivity index (χ3n) is 3.49. The monoisotopic (exact) mass is 333 g/mol. The van der Waals surface area contributed by atoms with Crippen molar-refractivity contribution in [3.05, 3.63) is 59.1 Å². The molecule has 1 unspecified atom stereocenters. The SMILES string of the molecule is CC(COc1ccc(C(=O)O)cc1)CN(C)c1ccc(Cl)cc1. The van der Waals surface area contributed by atoms with E-state index < -0.39 is 5.97 Å². The molecule has 1 N–H and O–H groups in total. The molecule has 0 aliphatic carbocycles. The smallest absolute Gasteiger partial charge is 0.335 e. The van der Waals surface area contributed by atoms with Crippen LogP contribution in [0.3, 0.4) is 0 Å². The minimum atomic E-state index is -0.936. The summed E-state index contributed by atoms with van der Waals surface area (Å²) in [5.74, 6) is 0.0559. The lowest BCUT2D eigenvalue weighted by Gasteiger charge is -2.23. The van der Waals surface area contributed by atoms with Crippen LogP contribution in [0.15, 0.2) is 48.5 Å². The van der Waals surface area contributed by atoms with Gasteiger partial charge in [-0.2, -0.15) is 0 Å².